The third kappa shape index (κ3) is 6.61. The van der Waals surface area contributed by atoms with Crippen molar-refractivity contribution < 1.29 is 29.0 Å². The van der Waals surface area contributed by atoms with Crippen LogP contribution >= 0.6 is 23.2 Å². The predicted octanol–water partition coefficient (Wildman–Crippen LogP) is 9.38. The number of carbonyl (C=O) groups excluding carboxylic acids is 4. The maximum absolute atomic E-state index is 15.4. The van der Waals surface area contributed by atoms with E-state index in [4.69, 9.17) is 27.9 Å². The number of ether oxygens (including phenoxy) is 1. The number of imide groups is 2. The van der Waals surface area contributed by atoms with Gasteiger partial charge < -0.3 is 14.7 Å². The Labute approximate surface area is 362 Å². The summed E-state index contributed by atoms with van der Waals surface area (Å²) >= 11 is 12.8. The minimum Gasteiger partial charge on any atom is -0.508 e. The van der Waals surface area contributed by atoms with Gasteiger partial charge in [0.25, 0.3) is 11.8 Å². The highest BCUT2D eigenvalue weighted by molar-refractivity contribution is 6.36. The molecule has 5 aromatic carbocycles. The smallest absolute Gasteiger partial charge is 0.260 e. The molecule has 5 aromatic rings. The maximum Gasteiger partial charge on any atom is 0.260 e. The molecular formula is C47H40Cl2N6O6. The molecule has 61 heavy (non-hydrogen) atoms. The quantitative estimate of drug-likeness (QED) is 0.0848. The number of nitrogens with one attached hydrogen (secondary N) is 1. The fourth-order valence-electron chi connectivity index (χ4n) is 9.78. The van der Waals surface area contributed by atoms with E-state index in [0.717, 1.165) is 16.3 Å². The van der Waals surface area contributed by atoms with E-state index in [-0.39, 0.29) is 35.4 Å². The van der Waals surface area contributed by atoms with Crippen LogP contribution in [0.25, 0.3) is 0 Å². The Kier molecular flexibility index (Phi) is 10.2. The molecule has 2 saturated heterocycles. The van der Waals surface area contributed by atoms with Crippen molar-refractivity contribution in [3.63, 3.8) is 0 Å². The van der Waals surface area contributed by atoms with E-state index in [1.807, 2.05) is 55.4 Å². The molecule has 6 atom stereocenters. The third-order valence-electron chi connectivity index (χ3n) is 12.5. The van der Waals surface area contributed by atoms with Crippen molar-refractivity contribution in [2.75, 3.05) is 36.4 Å². The molecule has 0 radical (unpaired) electrons. The lowest BCUT2D eigenvalue weighted by Gasteiger charge is -2.50. The van der Waals surface area contributed by atoms with Gasteiger partial charge in [0, 0.05) is 30.7 Å². The van der Waals surface area contributed by atoms with E-state index in [2.05, 4.69) is 15.7 Å². The molecule has 14 heteroatoms. The second-order valence-electron chi connectivity index (χ2n) is 15.9. The molecule has 12 nitrogen and oxygen atoms in total. The van der Waals surface area contributed by atoms with Crippen LogP contribution in [0.15, 0.2) is 137 Å². The summed E-state index contributed by atoms with van der Waals surface area (Å²) in [5, 5.41) is 21.2. The zero-order valence-electron chi connectivity index (χ0n) is 33.3. The van der Waals surface area contributed by atoms with Crippen LogP contribution in [0.1, 0.15) is 29.9 Å². The Balaban J connectivity index is 1.10. The van der Waals surface area contributed by atoms with Gasteiger partial charge in [0.05, 0.1) is 58.1 Å². The number of anilines is 3. The number of nitrogens with zero attached hydrogens (tertiary/aromatic N) is 5. The fourth-order valence-corrected chi connectivity index (χ4v) is 10.2. The van der Waals surface area contributed by atoms with Crippen LogP contribution in [0, 0.1) is 23.7 Å². The van der Waals surface area contributed by atoms with Crippen LogP contribution in [0.2, 0.25) is 10.0 Å². The summed E-state index contributed by atoms with van der Waals surface area (Å²) in [4.78, 5) is 62.8. The monoisotopic (exact) mass is 854 g/mol. The number of amides is 4. The number of methoxy groups -OCH3 is 1. The van der Waals surface area contributed by atoms with Gasteiger partial charge in [0.2, 0.25) is 11.8 Å². The topological polar surface area (TPSA) is 144 Å². The first-order valence-electron chi connectivity index (χ1n) is 19.8. The Morgan fingerprint density at radius 2 is 1.49 bits per heavy atom. The van der Waals surface area contributed by atoms with Crippen LogP contribution in [-0.2, 0) is 24.6 Å². The van der Waals surface area contributed by atoms with Crippen molar-refractivity contribution in [1.29, 1.82) is 0 Å². The Hall–Kier alpha value is -6.50. The zero-order valence-corrected chi connectivity index (χ0v) is 34.8. The zero-order chi connectivity index (χ0) is 42.7. The molecule has 2 heterocycles. The van der Waals surface area contributed by atoms with Gasteiger partial charge in [0.1, 0.15) is 11.5 Å². The largest absolute Gasteiger partial charge is 0.508 e. The van der Waals surface area contributed by atoms with Gasteiger partial charge in [0.15, 0.2) is 0 Å². The molecule has 0 spiro atoms. The summed E-state index contributed by atoms with van der Waals surface area (Å²) in [7, 11) is 5.46. The van der Waals surface area contributed by atoms with Gasteiger partial charge in [-0.2, -0.15) is 15.2 Å². The van der Waals surface area contributed by atoms with Gasteiger partial charge in [-0.3, -0.25) is 29.5 Å². The van der Waals surface area contributed by atoms with Crippen LogP contribution in [-0.4, -0.2) is 54.9 Å². The number of hydrogen-bond acceptors (Lipinski definition) is 10. The van der Waals surface area contributed by atoms with E-state index in [1.165, 1.54) is 17.0 Å². The molecular weight excluding hydrogens is 815 g/mol. The highest BCUT2D eigenvalue weighted by Gasteiger charge is 2.70. The lowest BCUT2D eigenvalue weighted by molar-refractivity contribution is -0.138. The van der Waals surface area contributed by atoms with Crippen LogP contribution in [0.3, 0.4) is 0 Å². The van der Waals surface area contributed by atoms with Gasteiger partial charge >= 0.3 is 0 Å². The standard InChI is InChI=1S/C47H40Cl2N6O6/c1-53(2)31-14-10-29(11-15-31)50-51-30-12-16-32(17-13-30)54-43(57)36-21-20-35-37(41(36)45(54)59)25-38-44(58)55(52-40-22-9-28(48)24-39(40)49)46(60)47(38,27-7-18-34(61-3)19-8-27)42(35)26-5-4-6-33(56)23-26/h4-20,22-24,36-38,41-42,52,56H,21,25H2,1-3H3/t36-,37+,38-,41-,42-,47+/m0/s1. The molecule has 2 aliphatic carbocycles. The molecule has 0 aromatic heterocycles. The lowest BCUT2D eigenvalue weighted by Crippen LogP contribution is -2.53. The number of carbonyl (C=O) groups is 4. The van der Waals surface area contributed by atoms with Crippen molar-refractivity contribution in [3.05, 3.63) is 148 Å². The average Bonchev–Trinajstić information content (AvgIpc) is 3.64. The van der Waals surface area contributed by atoms with Gasteiger partial charge in [-0.05, 0) is 121 Å². The van der Waals surface area contributed by atoms with Crippen molar-refractivity contribution in [2.24, 2.45) is 33.9 Å². The second-order valence-corrected chi connectivity index (χ2v) is 16.8. The number of hydrogen-bond donors (Lipinski definition) is 2. The van der Waals surface area contributed by atoms with Crippen LogP contribution in [0.5, 0.6) is 11.5 Å². The minimum atomic E-state index is -1.55. The highest BCUT2D eigenvalue weighted by atomic mass is 35.5. The summed E-state index contributed by atoms with van der Waals surface area (Å²) in [6.45, 7) is 0. The number of hydrazine groups is 1. The van der Waals surface area contributed by atoms with Gasteiger partial charge in [-0.15, -0.1) is 0 Å². The van der Waals surface area contributed by atoms with Crippen molar-refractivity contribution in [1.82, 2.24) is 5.01 Å². The van der Waals surface area contributed by atoms with Crippen molar-refractivity contribution >= 4 is 75.3 Å². The summed E-state index contributed by atoms with van der Waals surface area (Å²) in [6.07, 6.45) is 2.29. The SMILES string of the molecule is COc1ccc([C@@]23C(=O)N(Nc4ccc(Cl)cc4Cl)C(=O)[C@@H]2C[C@@H]2C(=CC[C@@H]4C(=O)N(c5ccc(N=Nc6ccc(N(C)C)cc6)cc5)C(=O)[C@@H]42)[C@@H]3c2cccc(O)c2)cc1. The van der Waals surface area contributed by atoms with E-state index in [9.17, 15) is 19.5 Å². The summed E-state index contributed by atoms with van der Waals surface area (Å²) in [5.74, 6) is -5.21. The second kappa shape index (κ2) is 15.5. The third-order valence-corrected chi connectivity index (χ3v) is 13.1. The van der Waals surface area contributed by atoms with Crippen molar-refractivity contribution in [3.8, 4) is 11.5 Å². The molecule has 0 unspecified atom stereocenters. The Morgan fingerprint density at radius 3 is 2.13 bits per heavy atom. The summed E-state index contributed by atoms with van der Waals surface area (Å²) < 4.78 is 5.48. The summed E-state index contributed by atoms with van der Waals surface area (Å²) in [5.41, 5.74) is 6.27. The Morgan fingerprint density at radius 1 is 0.803 bits per heavy atom. The van der Waals surface area contributed by atoms with E-state index in [0.29, 0.717) is 44.6 Å². The number of fused-ring (bicyclic) bond motifs is 4. The molecule has 9 rings (SSSR count). The molecule has 3 fully saturated rings. The molecule has 0 bridgehead atoms. The number of phenols is 1. The number of phenolic OH excluding ortho intramolecular Hbond substituents is 1. The molecule has 2 N–H and O–H groups in total. The minimum absolute atomic E-state index is 0.0291. The maximum atomic E-state index is 15.4. The molecule has 2 aliphatic heterocycles. The first kappa shape index (κ1) is 39.9. The number of allylic oxidation sites excluding steroid dienone is 2. The number of halogens is 2. The van der Waals surface area contributed by atoms with Gasteiger partial charge in [-0.1, -0.05) is 59.1 Å². The van der Waals surface area contributed by atoms with E-state index in [1.54, 1.807) is 79.9 Å². The van der Waals surface area contributed by atoms with Crippen molar-refractivity contribution in [2.45, 2.75) is 24.2 Å². The van der Waals surface area contributed by atoms with E-state index < -0.39 is 46.8 Å². The normalized spacial score (nSPS) is 24.4. The predicted molar refractivity (Wildman–Crippen MR) is 233 cm³/mol. The highest BCUT2D eigenvalue weighted by Crippen LogP contribution is 2.64. The van der Waals surface area contributed by atoms with Crippen LogP contribution < -0.4 is 20.0 Å². The number of azo groups is 1. The first-order chi connectivity index (χ1) is 29.4. The van der Waals surface area contributed by atoms with E-state index >= 15 is 4.79 Å². The van der Waals surface area contributed by atoms with Gasteiger partial charge in [-0.25, -0.2) is 0 Å². The van der Waals surface area contributed by atoms with Crippen LogP contribution in [0.4, 0.5) is 28.4 Å². The molecule has 1 saturated carbocycles. The molecule has 4 amide bonds. The molecule has 308 valence electrons. The number of aromatic hydroxyl groups is 1. The molecule has 4 aliphatic rings. The first-order valence-corrected chi connectivity index (χ1v) is 20.6. The number of benzene rings is 5. The Bertz CT molecular complexity index is 2650. The number of rotatable bonds is 9. The summed E-state index contributed by atoms with van der Waals surface area (Å²) in [6, 6.07) is 32.8. The fraction of sp³-hybridized carbons (Fsp3) is 0.234. The lowest BCUT2D eigenvalue weighted by atomic mass is 9.49. The average molecular weight is 856 g/mol.